The van der Waals surface area contributed by atoms with Crippen molar-refractivity contribution in [3.8, 4) is 0 Å². The Kier molecular flexibility index (Phi) is 5.92. The van der Waals surface area contributed by atoms with Crippen LogP contribution in [0.2, 0.25) is 0 Å². The third-order valence-electron chi connectivity index (χ3n) is 5.00. The molecule has 1 fully saturated rings. The highest BCUT2D eigenvalue weighted by Crippen LogP contribution is 2.19. The van der Waals surface area contributed by atoms with E-state index >= 15 is 0 Å². The van der Waals surface area contributed by atoms with Gasteiger partial charge < -0.3 is 30.4 Å². The number of morpholine rings is 1. The summed E-state index contributed by atoms with van der Waals surface area (Å²) in [6.45, 7) is 2.53. The number of aliphatic hydroxyl groups excluding tert-OH is 1. The molecule has 2 heterocycles. The number of H-pyrrole nitrogens is 1. The van der Waals surface area contributed by atoms with E-state index in [4.69, 9.17) is 4.74 Å². The van der Waals surface area contributed by atoms with Gasteiger partial charge >= 0.3 is 0 Å². The molecule has 0 saturated carbocycles. The first-order valence-electron chi connectivity index (χ1n) is 9.72. The van der Waals surface area contributed by atoms with E-state index in [1.165, 1.54) is 0 Å². The van der Waals surface area contributed by atoms with Gasteiger partial charge in [-0.1, -0.05) is 0 Å². The largest absolute Gasteiger partial charge is 0.394 e. The van der Waals surface area contributed by atoms with Crippen molar-refractivity contribution in [1.82, 2.24) is 15.3 Å². The summed E-state index contributed by atoms with van der Waals surface area (Å²) in [7, 11) is 0. The number of ether oxygens (including phenoxy) is 1. The van der Waals surface area contributed by atoms with Crippen LogP contribution >= 0.6 is 0 Å². The van der Waals surface area contributed by atoms with Gasteiger partial charge in [0.15, 0.2) is 0 Å². The number of imidazole rings is 1. The van der Waals surface area contributed by atoms with E-state index in [1.54, 1.807) is 36.7 Å². The number of hydrogen-bond donors (Lipinski definition) is 4. The quantitative estimate of drug-likeness (QED) is 0.485. The molecule has 3 aromatic rings. The zero-order valence-electron chi connectivity index (χ0n) is 16.3. The van der Waals surface area contributed by atoms with Crippen LogP contribution in [0.1, 0.15) is 10.4 Å². The minimum absolute atomic E-state index is 0.368. The molecule has 2 amide bonds. The number of benzene rings is 2. The van der Waals surface area contributed by atoms with Gasteiger partial charge in [0.2, 0.25) is 5.91 Å². The van der Waals surface area contributed by atoms with Gasteiger partial charge in [0.05, 0.1) is 37.2 Å². The van der Waals surface area contributed by atoms with Crippen molar-refractivity contribution >= 4 is 34.2 Å². The lowest BCUT2D eigenvalue weighted by Gasteiger charge is -2.29. The summed E-state index contributed by atoms with van der Waals surface area (Å²) < 4.78 is 5.36. The van der Waals surface area contributed by atoms with E-state index in [0.717, 1.165) is 24.3 Å². The van der Waals surface area contributed by atoms with Crippen molar-refractivity contribution < 1.29 is 19.4 Å². The number of carbonyl (C=O) groups is 2. The van der Waals surface area contributed by atoms with Gasteiger partial charge in [0.1, 0.15) is 6.04 Å². The number of fused-ring (bicyclic) bond motifs is 1. The van der Waals surface area contributed by atoms with Crippen molar-refractivity contribution in [3.05, 3.63) is 54.4 Å². The average molecular weight is 409 g/mol. The summed E-state index contributed by atoms with van der Waals surface area (Å²) in [4.78, 5) is 34.3. The van der Waals surface area contributed by atoms with Gasteiger partial charge in [-0.15, -0.1) is 0 Å². The molecule has 0 unspecified atom stereocenters. The summed E-state index contributed by atoms with van der Waals surface area (Å²) in [5, 5.41) is 14.9. The lowest BCUT2D eigenvalue weighted by molar-refractivity contribution is -0.118. The highest BCUT2D eigenvalue weighted by Gasteiger charge is 2.21. The Labute approximate surface area is 173 Å². The summed E-state index contributed by atoms with van der Waals surface area (Å²) in [6, 6.07) is 11.3. The average Bonchev–Trinajstić information content (AvgIpc) is 3.26. The molecule has 156 valence electrons. The molecule has 4 rings (SSSR count). The monoisotopic (exact) mass is 409 g/mol. The zero-order chi connectivity index (χ0) is 20.9. The topological polar surface area (TPSA) is 120 Å². The molecule has 0 aliphatic carbocycles. The van der Waals surface area contributed by atoms with E-state index in [0.29, 0.717) is 30.0 Å². The predicted molar refractivity (Wildman–Crippen MR) is 113 cm³/mol. The number of nitrogens with one attached hydrogen (secondary N) is 3. The second kappa shape index (κ2) is 8.93. The maximum atomic E-state index is 12.5. The maximum Gasteiger partial charge on any atom is 0.252 e. The normalized spacial score (nSPS) is 15.0. The van der Waals surface area contributed by atoms with Gasteiger partial charge in [-0.3, -0.25) is 9.59 Å². The fraction of sp³-hybridized carbons (Fsp3) is 0.286. The van der Waals surface area contributed by atoms with Gasteiger partial charge in [-0.05, 0) is 42.5 Å². The molecule has 1 saturated heterocycles. The number of aromatic nitrogens is 2. The fourth-order valence-electron chi connectivity index (χ4n) is 3.32. The lowest BCUT2D eigenvalue weighted by Crippen LogP contribution is -2.46. The Morgan fingerprint density at radius 2 is 1.93 bits per heavy atom. The minimum Gasteiger partial charge on any atom is -0.394 e. The Hall–Kier alpha value is -3.43. The summed E-state index contributed by atoms with van der Waals surface area (Å²) in [5.74, 6) is -0.948. The molecular weight excluding hydrogens is 386 g/mol. The Bertz CT molecular complexity index is 1030. The van der Waals surface area contributed by atoms with Gasteiger partial charge in [-0.25, -0.2) is 4.98 Å². The number of rotatable bonds is 6. The third kappa shape index (κ3) is 4.42. The number of aliphatic hydroxyl groups is 1. The molecule has 0 radical (unpaired) electrons. The lowest BCUT2D eigenvalue weighted by atomic mass is 10.1. The molecule has 2 aromatic carbocycles. The van der Waals surface area contributed by atoms with E-state index in [1.807, 2.05) is 12.1 Å². The molecule has 0 bridgehead atoms. The third-order valence-corrected chi connectivity index (χ3v) is 5.00. The number of hydrogen-bond acceptors (Lipinski definition) is 6. The van der Waals surface area contributed by atoms with Crippen LogP contribution in [0.5, 0.6) is 0 Å². The fourth-order valence-corrected chi connectivity index (χ4v) is 3.32. The molecule has 30 heavy (non-hydrogen) atoms. The number of carbonyl (C=O) groups excluding carboxylic acids is 2. The number of amides is 2. The highest BCUT2D eigenvalue weighted by molar-refractivity contribution is 6.02. The second-order valence-electron chi connectivity index (χ2n) is 6.98. The van der Waals surface area contributed by atoms with Crippen LogP contribution in [0.3, 0.4) is 0 Å². The first kappa shape index (κ1) is 19.9. The molecule has 9 nitrogen and oxygen atoms in total. The summed E-state index contributed by atoms with van der Waals surface area (Å²) >= 11 is 0. The van der Waals surface area contributed by atoms with E-state index < -0.39 is 24.5 Å². The van der Waals surface area contributed by atoms with Crippen molar-refractivity contribution in [1.29, 1.82) is 0 Å². The van der Waals surface area contributed by atoms with E-state index in [2.05, 4.69) is 25.5 Å². The number of aromatic amines is 1. The molecular formula is C21H23N5O4. The summed E-state index contributed by atoms with van der Waals surface area (Å²) in [5.41, 5.74) is 3.46. The Morgan fingerprint density at radius 1 is 1.17 bits per heavy atom. The van der Waals surface area contributed by atoms with Crippen molar-refractivity contribution in [3.63, 3.8) is 0 Å². The van der Waals surface area contributed by atoms with Crippen molar-refractivity contribution in [2.24, 2.45) is 0 Å². The molecule has 0 spiro atoms. The van der Waals surface area contributed by atoms with Crippen LogP contribution in [0, 0.1) is 0 Å². The highest BCUT2D eigenvalue weighted by atomic mass is 16.5. The molecule has 1 aromatic heterocycles. The number of nitrogens with zero attached hydrogens (tertiary/aromatic N) is 2. The van der Waals surface area contributed by atoms with Crippen LogP contribution in [0.25, 0.3) is 11.0 Å². The van der Waals surface area contributed by atoms with Crippen LogP contribution < -0.4 is 15.5 Å². The van der Waals surface area contributed by atoms with Crippen molar-refractivity contribution in [2.75, 3.05) is 43.1 Å². The van der Waals surface area contributed by atoms with E-state index in [9.17, 15) is 14.7 Å². The second-order valence-corrected chi connectivity index (χ2v) is 6.98. The van der Waals surface area contributed by atoms with Gasteiger partial charge in [0, 0.05) is 30.0 Å². The molecule has 4 N–H and O–H groups in total. The molecule has 9 heteroatoms. The predicted octanol–water partition coefficient (Wildman–Crippen LogP) is 1.13. The van der Waals surface area contributed by atoms with Crippen molar-refractivity contribution in [2.45, 2.75) is 6.04 Å². The van der Waals surface area contributed by atoms with Crippen LogP contribution in [-0.4, -0.2) is 65.8 Å². The smallest absolute Gasteiger partial charge is 0.252 e. The zero-order valence-corrected chi connectivity index (χ0v) is 16.3. The molecule has 1 aliphatic rings. The van der Waals surface area contributed by atoms with Crippen LogP contribution in [-0.2, 0) is 9.53 Å². The standard InChI is InChI=1S/C21H23N5O4/c27-12-19(25-20(28)14-1-6-17-18(11-14)23-13-22-17)21(29)24-15-2-4-16(5-3-15)26-7-9-30-10-8-26/h1-6,11,13,19,27H,7-10,12H2,(H,22,23)(H,24,29)(H,25,28)/t19-/m0/s1. The first-order chi connectivity index (χ1) is 14.6. The summed E-state index contributed by atoms with van der Waals surface area (Å²) in [6.07, 6.45) is 1.54. The maximum absolute atomic E-state index is 12.5. The number of anilines is 2. The van der Waals surface area contributed by atoms with E-state index in [-0.39, 0.29) is 0 Å². The first-order valence-corrected chi connectivity index (χ1v) is 9.72. The Balaban J connectivity index is 1.37. The van der Waals surface area contributed by atoms with Gasteiger partial charge in [0.25, 0.3) is 5.91 Å². The SMILES string of the molecule is O=C(N[C@@H](CO)C(=O)Nc1ccc(N2CCOCC2)cc1)c1ccc2nc[nH]c2c1. The Morgan fingerprint density at radius 3 is 2.67 bits per heavy atom. The van der Waals surface area contributed by atoms with Crippen LogP contribution in [0.4, 0.5) is 11.4 Å². The van der Waals surface area contributed by atoms with Gasteiger partial charge in [-0.2, -0.15) is 0 Å². The molecule has 1 atom stereocenters. The minimum atomic E-state index is -1.08. The molecule has 1 aliphatic heterocycles. The van der Waals surface area contributed by atoms with Crippen LogP contribution in [0.15, 0.2) is 48.8 Å².